The van der Waals surface area contributed by atoms with Crippen molar-refractivity contribution in [3.8, 4) is 5.75 Å². The molecule has 1 aromatic carbocycles. The van der Waals surface area contributed by atoms with Crippen LogP contribution in [0.15, 0.2) is 24.3 Å². The number of aliphatic carboxylic acids is 2. The van der Waals surface area contributed by atoms with Gasteiger partial charge in [-0.2, -0.15) is 0 Å². The quantitative estimate of drug-likeness (QED) is 0.189. The Labute approximate surface area is 190 Å². The molecule has 0 saturated carbocycles. The summed E-state index contributed by atoms with van der Waals surface area (Å²) < 4.78 is 0. The second kappa shape index (κ2) is 13.0. The van der Waals surface area contributed by atoms with Gasteiger partial charge in [0.2, 0.25) is 17.7 Å². The monoisotopic (exact) mass is 466 g/mol. The third-order valence-corrected chi connectivity index (χ3v) is 4.69. The molecule has 0 saturated heterocycles. The van der Waals surface area contributed by atoms with Gasteiger partial charge >= 0.3 is 11.9 Å². The Morgan fingerprint density at radius 3 is 2.09 bits per heavy atom. The van der Waals surface area contributed by atoms with E-state index in [0.717, 1.165) is 0 Å². The van der Waals surface area contributed by atoms with Crippen molar-refractivity contribution in [2.45, 2.75) is 51.2 Å². The van der Waals surface area contributed by atoms with E-state index in [-0.39, 0.29) is 30.9 Å². The summed E-state index contributed by atoms with van der Waals surface area (Å²) in [6.07, 6.45) is -0.440. The fourth-order valence-electron chi connectivity index (χ4n) is 2.80. The Hall–Kier alpha value is -3.67. The smallest absolute Gasteiger partial charge is 0.326 e. The summed E-state index contributed by atoms with van der Waals surface area (Å²) in [5.41, 5.74) is 6.23. The molecule has 1 aromatic rings. The standard InChI is InChI=1S/C21H30N4O8/c1-11(2)18(25-19(30)14(22)7-8-17(28)29)20(31)23-10-16(27)24-15(21(32)33)9-12-3-5-13(26)6-4-12/h3-6,11,14-15,18,26H,7-10,22H2,1-2H3,(H,23,31)(H,24,27)(H,25,30)(H,28,29)(H,32,33). The van der Waals surface area contributed by atoms with E-state index in [2.05, 4.69) is 16.0 Å². The van der Waals surface area contributed by atoms with Gasteiger partial charge < -0.3 is 37.0 Å². The molecule has 0 aliphatic carbocycles. The van der Waals surface area contributed by atoms with Crippen LogP contribution in [0.1, 0.15) is 32.3 Å². The summed E-state index contributed by atoms with van der Waals surface area (Å²) in [6.45, 7) is 2.79. The minimum atomic E-state index is -1.27. The number of nitrogens with two attached hydrogens (primary N) is 1. The highest BCUT2D eigenvalue weighted by molar-refractivity contribution is 5.92. The van der Waals surface area contributed by atoms with Gasteiger partial charge in [-0.05, 0) is 30.0 Å². The predicted molar refractivity (Wildman–Crippen MR) is 116 cm³/mol. The Morgan fingerprint density at radius 1 is 0.970 bits per heavy atom. The molecule has 0 aromatic heterocycles. The highest BCUT2D eigenvalue weighted by Gasteiger charge is 2.27. The van der Waals surface area contributed by atoms with Crippen molar-refractivity contribution < 1.29 is 39.3 Å². The number of nitrogens with one attached hydrogen (secondary N) is 3. The molecule has 0 spiro atoms. The van der Waals surface area contributed by atoms with Crippen LogP contribution in [0.5, 0.6) is 5.75 Å². The lowest BCUT2D eigenvalue weighted by Gasteiger charge is -2.23. The van der Waals surface area contributed by atoms with Gasteiger partial charge in [-0.25, -0.2) is 4.79 Å². The number of hydrogen-bond acceptors (Lipinski definition) is 7. The van der Waals surface area contributed by atoms with Crippen LogP contribution in [-0.2, 0) is 30.4 Å². The zero-order valence-electron chi connectivity index (χ0n) is 18.4. The molecule has 1 rings (SSSR count). The van der Waals surface area contributed by atoms with E-state index in [1.807, 2.05) is 0 Å². The van der Waals surface area contributed by atoms with Gasteiger partial charge in [0.15, 0.2) is 0 Å². The van der Waals surface area contributed by atoms with Crippen LogP contribution in [0.3, 0.4) is 0 Å². The summed E-state index contributed by atoms with van der Waals surface area (Å²) in [5, 5.41) is 34.4. The number of phenols is 1. The summed E-state index contributed by atoms with van der Waals surface area (Å²) in [4.78, 5) is 58.9. The lowest BCUT2D eigenvalue weighted by atomic mass is 10.0. The van der Waals surface area contributed by atoms with Gasteiger partial charge in [0.25, 0.3) is 0 Å². The summed E-state index contributed by atoms with van der Waals surface area (Å²) >= 11 is 0. The molecular formula is C21H30N4O8. The van der Waals surface area contributed by atoms with Crippen LogP contribution in [-0.4, -0.2) is 69.7 Å². The van der Waals surface area contributed by atoms with Gasteiger partial charge in [-0.15, -0.1) is 0 Å². The van der Waals surface area contributed by atoms with Crippen molar-refractivity contribution in [2.75, 3.05) is 6.54 Å². The number of carbonyl (C=O) groups is 5. The average molecular weight is 466 g/mol. The number of benzene rings is 1. The second-order valence-corrected chi connectivity index (χ2v) is 7.82. The fraction of sp³-hybridized carbons (Fsp3) is 0.476. The highest BCUT2D eigenvalue weighted by atomic mass is 16.4. The highest BCUT2D eigenvalue weighted by Crippen LogP contribution is 2.11. The van der Waals surface area contributed by atoms with Gasteiger partial charge in [0.05, 0.1) is 12.6 Å². The number of carbonyl (C=O) groups excluding carboxylic acids is 3. The Morgan fingerprint density at radius 2 is 1.58 bits per heavy atom. The van der Waals surface area contributed by atoms with E-state index < -0.39 is 54.3 Å². The molecule has 0 aliphatic rings. The third-order valence-electron chi connectivity index (χ3n) is 4.69. The minimum absolute atomic E-state index is 0.0204. The number of amides is 3. The maximum atomic E-state index is 12.5. The molecule has 0 aliphatic heterocycles. The first kappa shape index (κ1) is 27.4. The van der Waals surface area contributed by atoms with Gasteiger partial charge in [-0.1, -0.05) is 26.0 Å². The Balaban J connectivity index is 2.63. The molecule has 0 fully saturated rings. The van der Waals surface area contributed by atoms with Gasteiger partial charge in [0.1, 0.15) is 17.8 Å². The first-order valence-corrected chi connectivity index (χ1v) is 10.3. The van der Waals surface area contributed by atoms with E-state index in [9.17, 15) is 34.2 Å². The number of aromatic hydroxyl groups is 1. The zero-order valence-corrected chi connectivity index (χ0v) is 18.4. The Kier molecular flexibility index (Phi) is 10.8. The van der Waals surface area contributed by atoms with Crippen molar-refractivity contribution in [3.63, 3.8) is 0 Å². The zero-order chi connectivity index (χ0) is 25.1. The van der Waals surface area contributed by atoms with Crippen LogP contribution >= 0.6 is 0 Å². The van der Waals surface area contributed by atoms with E-state index in [1.165, 1.54) is 24.3 Å². The van der Waals surface area contributed by atoms with Crippen LogP contribution < -0.4 is 21.7 Å². The molecule has 33 heavy (non-hydrogen) atoms. The molecule has 8 N–H and O–H groups in total. The molecule has 12 nitrogen and oxygen atoms in total. The molecule has 0 heterocycles. The molecule has 3 amide bonds. The van der Waals surface area contributed by atoms with Crippen LogP contribution in [0.25, 0.3) is 0 Å². The first-order chi connectivity index (χ1) is 15.4. The van der Waals surface area contributed by atoms with E-state index in [0.29, 0.717) is 5.56 Å². The molecular weight excluding hydrogens is 436 g/mol. The van der Waals surface area contributed by atoms with Gasteiger partial charge in [-0.3, -0.25) is 19.2 Å². The summed E-state index contributed by atoms with van der Waals surface area (Å²) in [6, 6.07) is 2.43. The van der Waals surface area contributed by atoms with Crippen molar-refractivity contribution >= 4 is 29.7 Å². The minimum Gasteiger partial charge on any atom is -0.508 e. The second-order valence-electron chi connectivity index (χ2n) is 7.82. The first-order valence-electron chi connectivity index (χ1n) is 10.3. The molecule has 0 bridgehead atoms. The number of carboxylic acids is 2. The number of rotatable bonds is 13. The van der Waals surface area contributed by atoms with Gasteiger partial charge in [0, 0.05) is 12.8 Å². The van der Waals surface area contributed by atoms with Crippen molar-refractivity contribution in [2.24, 2.45) is 11.7 Å². The van der Waals surface area contributed by atoms with E-state index in [4.69, 9.17) is 10.8 Å². The fourth-order valence-corrected chi connectivity index (χ4v) is 2.80. The van der Waals surface area contributed by atoms with Crippen molar-refractivity contribution in [1.29, 1.82) is 0 Å². The largest absolute Gasteiger partial charge is 0.508 e. The molecule has 12 heteroatoms. The normalized spacial score (nSPS) is 13.5. The van der Waals surface area contributed by atoms with E-state index in [1.54, 1.807) is 13.8 Å². The number of hydrogen-bond donors (Lipinski definition) is 7. The summed E-state index contributed by atoms with van der Waals surface area (Å²) in [5.74, 6) is -4.85. The van der Waals surface area contributed by atoms with E-state index >= 15 is 0 Å². The molecule has 3 atom stereocenters. The lowest BCUT2D eigenvalue weighted by molar-refractivity contribution is -0.141. The average Bonchev–Trinajstić information content (AvgIpc) is 2.74. The molecule has 3 unspecified atom stereocenters. The van der Waals surface area contributed by atoms with Crippen molar-refractivity contribution in [1.82, 2.24) is 16.0 Å². The Bertz CT molecular complexity index is 856. The molecule has 182 valence electrons. The van der Waals surface area contributed by atoms with Crippen LogP contribution in [0.2, 0.25) is 0 Å². The number of phenolic OH excluding ortho intramolecular Hbond substituents is 1. The third kappa shape index (κ3) is 9.99. The topological polar surface area (TPSA) is 208 Å². The lowest BCUT2D eigenvalue weighted by Crippen LogP contribution is -2.55. The molecule has 0 radical (unpaired) electrons. The van der Waals surface area contributed by atoms with Crippen LogP contribution in [0, 0.1) is 5.92 Å². The SMILES string of the molecule is CC(C)C(NC(=O)C(N)CCC(=O)O)C(=O)NCC(=O)NC(Cc1ccc(O)cc1)C(=O)O. The maximum absolute atomic E-state index is 12.5. The number of carboxylic acid groups (broad SMARTS) is 2. The summed E-state index contributed by atoms with van der Waals surface area (Å²) in [7, 11) is 0. The van der Waals surface area contributed by atoms with Crippen molar-refractivity contribution in [3.05, 3.63) is 29.8 Å². The van der Waals surface area contributed by atoms with Crippen LogP contribution in [0.4, 0.5) is 0 Å². The predicted octanol–water partition coefficient (Wildman–Crippen LogP) is -1.05. The maximum Gasteiger partial charge on any atom is 0.326 e.